The van der Waals surface area contributed by atoms with E-state index in [-0.39, 0.29) is 0 Å². The van der Waals surface area contributed by atoms with Crippen molar-refractivity contribution in [3.63, 3.8) is 0 Å². The second-order valence-electron chi connectivity index (χ2n) is 5.99. The Bertz CT molecular complexity index is 900. The molecule has 0 saturated carbocycles. The summed E-state index contributed by atoms with van der Waals surface area (Å²) in [6.07, 6.45) is 3.37. The van der Waals surface area contributed by atoms with E-state index >= 15 is 0 Å². The number of hydrogen-bond donors (Lipinski definition) is 0. The van der Waals surface area contributed by atoms with Crippen molar-refractivity contribution in [3.05, 3.63) is 24.4 Å². The molecule has 0 amide bonds. The van der Waals surface area contributed by atoms with Gasteiger partial charge in [0.05, 0.1) is 18.7 Å². The van der Waals surface area contributed by atoms with Crippen LogP contribution in [0.2, 0.25) is 0 Å². The highest BCUT2D eigenvalue weighted by atomic mass is 16.5. The number of piperazine rings is 1. The van der Waals surface area contributed by atoms with Gasteiger partial charge in [0.15, 0.2) is 5.65 Å². The lowest BCUT2D eigenvalue weighted by molar-refractivity contribution is 0.396. The highest BCUT2D eigenvalue weighted by molar-refractivity contribution is 5.87. The van der Waals surface area contributed by atoms with E-state index in [0.717, 1.165) is 54.7 Å². The normalized spacial score (nSPS) is 15.0. The standard InChI is InChI=1S/C16H20N8O/c1-11-20-15-12(9-19-22(15)2)16(21-11)24-6-4-23(5-7-24)13-8-14(25-3)18-10-17-13/h8-10H,4-7H2,1-3H3. The van der Waals surface area contributed by atoms with Gasteiger partial charge in [0.2, 0.25) is 5.88 Å². The summed E-state index contributed by atoms with van der Waals surface area (Å²) in [6.45, 7) is 5.33. The highest BCUT2D eigenvalue weighted by Crippen LogP contribution is 2.25. The zero-order valence-electron chi connectivity index (χ0n) is 14.5. The van der Waals surface area contributed by atoms with Gasteiger partial charge in [-0.05, 0) is 6.92 Å². The Balaban J connectivity index is 1.56. The van der Waals surface area contributed by atoms with Gasteiger partial charge in [0, 0.05) is 39.3 Å². The van der Waals surface area contributed by atoms with Crippen LogP contribution in [0.3, 0.4) is 0 Å². The molecule has 3 aromatic heterocycles. The van der Waals surface area contributed by atoms with E-state index < -0.39 is 0 Å². The zero-order chi connectivity index (χ0) is 17.4. The predicted octanol–water partition coefficient (Wildman–Crippen LogP) is 0.797. The molecule has 0 aliphatic carbocycles. The van der Waals surface area contributed by atoms with Crippen LogP contribution >= 0.6 is 0 Å². The summed E-state index contributed by atoms with van der Waals surface area (Å²) < 4.78 is 6.97. The van der Waals surface area contributed by atoms with E-state index in [0.29, 0.717) is 5.88 Å². The van der Waals surface area contributed by atoms with E-state index in [1.165, 1.54) is 6.33 Å². The number of aromatic nitrogens is 6. The Morgan fingerprint density at radius 3 is 2.56 bits per heavy atom. The fourth-order valence-electron chi connectivity index (χ4n) is 3.12. The van der Waals surface area contributed by atoms with Crippen molar-refractivity contribution in [3.8, 4) is 5.88 Å². The summed E-state index contributed by atoms with van der Waals surface area (Å²) in [5.41, 5.74) is 0.866. The van der Waals surface area contributed by atoms with Crippen molar-refractivity contribution in [1.82, 2.24) is 29.7 Å². The Labute approximate surface area is 145 Å². The van der Waals surface area contributed by atoms with Crippen molar-refractivity contribution in [2.24, 2.45) is 7.05 Å². The molecule has 130 valence electrons. The first-order valence-corrected chi connectivity index (χ1v) is 8.18. The Morgan fingerprint density at radius 2 is 1.80 bits per heavy atom. The largest absolute Gasteiger partial charge is 0.481 e. The number of methoxy groups -OCH3 is 1. The minimum atomic E-state index is 0.580. The topological polar surface area (TPSA) is 85.1 Å². The summed E-state index contributed by atoms with van der Waals surface area (Å²) in [4.78, 5) is 22.1. The third-order valence-electron chi connectivity index (χ3n) is 4.42. The molecule has 1 aliphatic rings. The molecule has 0 unspecified atom stereocenters. The molecular weight excluding hydrogens is 320 g/mol. The predicted molar refractivity (Wildman–Crippen MR) is 94.1 cm³/mol. The van der Waals surface area contributed by atoms with Gasteiger partial charge in [-0.2, -0.15) is 5.10 Å². The minimum Gasteiger partial charge on any atom is -0.481 e. The van der Waals surface area contributed by atoms with Crippen molar-refractivity contribution in [1.29, 1.82) is 0 Å². The lowest BCUT2D eigenvalue weighted by atomic mass is 10.2. The summed E-state index contributed by atoms with van der Waals surface area (Å²) in [6, 6.07) is 1.86. The van der Waals surface area contributed by atoms with Crippen LogP contribution in [0.4, 0.5) is 11.6 Å². The van der Waals surface area contributed by atoms with E-state index in [2.05, 4.69) is 34.8 Å². The van der Waals surface area contributed by atoms with Crippen molar-refractivity contribution < 1.29 is 4.74 Å². The summed E-state index contributed by atoms with van der Waals surface area (Å²) in [7, 11) is 3.51. The maximum absolute atomic E-state index is 5.19. The molecule has 0 N–H and O–H groups in total. The second kappa shape index (κ2) is 6.15. The quantitative estimate of drug-likeness (QED) is 0.692. The summed E-state index contributed by atoms with van der Waals surface area (Å²) in [5.74, 6) is 3.18. The second-order valence-corrected chi connectivity index (χ2v) is 5.99. The van der Waals surface area contributed by atoms with Crippen LogP contribution in [0.25, 0.3) is 11.0 Å². The monoisotopic (exact) mass is 340 g/mol. The third kappa shape index (κ3) is 2.81. The maximum Gasteiger partial charge on any atom is 0.218 e. The number of ether oxygens (including phenoxy) is 1. The Morgan fingerprint density at radius 1 is 1.04 bits per heavy atom. The molecule has 0 radical (unpaired) electrons. The molecule has 1 fully saturated rings. The van der Waals surface area contributed by atoms with Gasteiger partial charge in [0.25, 0.3) is 0 Å². The van der Waals surface area contributed by atoms with Crippen LogP contribution in [-0.4, -0.2) is 63.0 Å². The van der Waals surface area contributed by atoms with E-state index in [9.17, 15) is 0 Å². The molecule has 0 atom stereocenters. The average Bonchev–Trinajstić information content (AvgIpc) is 3.02. The van der Waals surface area contributed by atoms with Crippen LogP contribution in [-0.2, 0) is 7.05 Å². The molecule has 9 nitrogen and oxygen atoms in total. The number of nitrogens with zero attached hydrogens (tertiary/aromatic N) is 8. The van der Waals surface area contributed by atoms with Gasteiger partial charge in [-0.25, -0.2) is 19.9 Å². The van der Waals surface area contributed by atoms with Crippen LogP contribution in [0.5, 0.6) is 5.88 Å². The van der Waals surface area contributed by atoms with Gasteiger partial charge >= 0.3 is 0 Å². The first kappa shape index (κ1) is 15.6. The van der Waals surface area contributed by atoms with Crippen LogP contribution in [0.1, 0.15) is 5.82 Å². The molecule has 0 spiro atoms. The molecule has 4 heterocycles. The summed E-state index contributed by atoms with van der Waals surface area (Å²) >= 11 is 0. The number of rotatable bonds is 3. The number of hydrogen-bond acceptors (Lipinski definition) is 8. The molecule has 1 aliphatic heterocycles. The van der Waals surface area contributed by atoms with Gasteiger partial charge in [-0.1, -0.05) is 0 Å². The van der Waals surface area contributed by atoms with Gasteiger partial charge in [-0.3, -0.25) is 4.68 Å². The SMILES string of the molecule is COc1cc(N2CCN(c3nc(C)nc4c3cnn4C)CC2)ncn1. The van der Waals surface area contributed by atoms with Crippen LogP contribution in [0, 0.1) is 6.92 Å². The van der Waals surface area contributed by atoms with E-state index in [1.54, 1.807) is 11.8 Å². The zero-order valence-corrected chi connectivity index (χ0v) is 14.5. The molecule has 0 aromatic carbocycles. The van der Waals surface area contributed by atoms with Crippen molar-refractivity contribution >= 4 is 22.7 Å². The Kier molecular flexibility index (Phi) is 3.83. The van der Waals surface area contributed by atoms with Crippen molar-refractivity contribution in [2.45, 2.75) is 6.92 Å². The van der Waals surface area contributed by atoms with Gasteiger partial charge in [-0.15, -0.1) is 0 Å². The smallest absolute Gasteiger partial charge is 0.218 e. The molecule has 25 heavy (non-hydrogen) atoms. The number of aryl methyl sites for hydroxylation is 2. The fourth-order valence-corrected chi connectivity index (χ4v) is 3.12. The van der Waals surface area contributed by atoms with E-state index in [4.69, 9.17) is 4.74 Å². The summed E-state index contributed by atoms with van der Waals surface area (Å²) in [5, 5.41) is 5.31. The average molecular weight is 340 g/mol. The van der Waals surface area contributed by atoms with Crippen molar-refractivity contribution in [2.75, 3.05) is 43.1 Å². The fraction of sp³-hybridized carbons (Fsp3) is 0.438. The molecular formula is C16H20N8O. The molecule has 9 heteroatoms. The lowest BCUT2D eigenvalue weighted by Gasteiger charge is -2.36. The first-order valence-electron chi connectivity index (χ1n) is 8.18. The first-order chi connectivity index (χ1) is 12.2. The van der Waals surface area contributed by atoms with Crippen LogP contribution < -0.4 is 14.5 Å². The maximum atomic E-state index is 5.19. The molecule has 1 saturated heterocycles. The molecule has 0 bridgehead atoms. The number of fused-ring (bicyclic) bond motifs is 1. The van der Waals surface area contributed by atoms with Gasteiger partial charge < -0.3 is 14.5 Å². The molecule has 3 aromatic rings. The third-order valence-corrected chi connectivity index (χ3v) is 4.42. The van der Waals surface area contributed by atoms with Crippen LogP contribution in [0.15, 0.2) is 18.6 Å². The Hall–Kier alpha value is -2.97. The number of anilines is 2. The highest BCUT2D eigenvalue weighted by Gasteiger charge is 2.22. The minimum absolute atomic E-state index is 0.580. The van der Waals surface area contributed by atoms with E-state index in [1.807, 2.05) is 26.2 Å². The lowest BCUT2D eigenvalue weighted by Crippen LogP contribution is -2.47. The molecule has 4 rings (SSSR count). The van der Waals surface area contributed by atoms with Gasteiger partial charge in [0.1, 0.15) is 23.8 Å².